The van der Waals surface area contributed by atoms with Gasteiger partial charge in [0.2, 0.25) is 5.91 Å². The molecule has 1 aliphatic heterocycles. The summed E-state index contributed by atoms with van der Waals surface area (Å²) >= 11 is 0. The highest BCUT2D eigenvalue weighted by molar-refractivity contribution is 5.94. The van der Waals surface area contributed by atoms with Crippen molar-refractivity contribution in [3.63, 3.8) is 0 Å². The van der Waals surface area contributed by atoms with Gasteiger partial charge in [-0.15, -0.1) is 0 Å². The zero-order chi connectivity index (χ0) is 16.6. The Kier molecular flexibility index (Phi) is 4.15. The number of rotatable bonds is 2. The molecule has 0 bridgehead atoms. The number of piperidine rings is 1. The summed E-state index contributed by atoms with van der Waals surface area (Å²) in [4.78, 5) is 17.1. The number of anilines is 1. The number of carbonyl (C=O) groups excluding carboxylic acids is 1. The molecule has 5 nitrogen and oxygen atoms in total. The van der Waals surface area contributed by atoms with E-state index in [2.05, 4.69) is 36.0 Å². The molecular formula is C18H26N4O. The van der Waals surface area contributed by atoms with Crippen molar-refractivity contribution in [2.45, 2.75) is 39.0 Å². The minimum atomic E-state index is -0.00766. The Hall–Kier alpha value is -1.88. The number of benzene rings is 1. The van der Waals surface area contributed by atoms with Crippen LogP contribution in [-0.4, -0.2) is 28.5 Å². The lowest BCUT2D eigenvalue weighted by molar-refractivity contribution is -0.120. The average molecular weight is 314 g/mol. The molecule has 1 fully saturated rings. The quantitative estimate of drug-likeness (QED) is 0.896. The van der Waals surface area contributed by atoms with Gasteiger partial charge < -0.3 is 15.2 Å². The fourth-order valence-corrected chi connectivity index (χ4v) is 3.28. The number of nitrogens with one attached hydrogen (secondary N) is 2. The van der Waals surface area contributed by atoms with Gasteiger partial charge >= 0.3 is 0 Å². The molecule has 0 aliphatic carbocycles. The van der Waals surface area contributed by atoms with Gasteiger partial charge in [-0.1, -0.05) is 20.8 Å². The van der Waals surface area contributed by atoms with E-state index in [1.165, 1.54) is 0 Å². The molecule has 0 spiro atoms. The molecule has 5 heteroatoms. The fourth-order valence-electron chi connectivity index (χ4n) is 3.28. The molecular weight excluding hydrogens is 288 g/mol. The molecule has 1 saturated heterocycles. The van der Waals surface area contributed by atoms with E-state index in [-0.39, 0.29) is 17.2 Å². The molecule has 3 rings (SSSR count). The van der Waals surface area contributed by atoms with Crippen LogP contribution in [0.4, 0.5) is 5.69 Å². The first-order valence-corrected chi connectivity index (χ1v) is 8.35. The molecule has 2 N–H and O–H groups in total. The maximum absolute atomic E-state index is 12.4. The van der Waals surface area contributed by atoms with Crippen LogP contribution in [0.5, 0.6) is 0 Å². The van der Waals surface area contributed by atoms with Crippen molar-refractivity contribution in [3.8, 4) is 0 Å². The first-order chi connectivity index (χ1) is 10.9. The smallest absolute Gasteiger partial charge is 0.227 e. The molecule has 0 saturated carbocycles. The minimum absolute atomic E-state index is 0.00766. The van der Waals surface area contributed by atoms with Crippen molar-refractivity contribution in [2.24, 2.45) is 13.0 Å². The van der Waals surface area contributed by atoms with Gasteiger partial charge in [0, 0.05) is 24.1 Å². The highest BCUT2D eigenvalue weighted by Crippen LogP contribution is 2.27. The summed E-state index contributed by atoms with van der Waals surface area (Å²) in [6.07, 6.45) is 1.82. The second-order valence-corrected chi connectivity index (χ2v) is 7.46. The summed E-state index contributed by atoms with van der Waals surface area (Å²) in [7, 11) is 2.04. The van der Waals surface area contributed by atoms with E-state index < -0.39 is 0 Å². The van der Waals surface area contributed by atoms with Crippen molar-refractivity contribution in [1.29, 1.82) is 0 Å². The highest BCUT2D eigenvalue weighted by atomic mass is 16.1. The lowest BCUT2D eigenvalue weighted by Crippen LogP contribution is -2.34. The Morgan fingerprint density at radius 1 is 1.30 bits per heavy atom. The third-order valence-corrected chi connectivity index (χ3v) is 4.53. The normalized spacial score (nSPS) is 16.7. The maximum atomic E-state index is 12.4. The molecule has 124 valence electrons. The first-order valence-electron chi connectivity index (χ1n) is 8.35. The average Bonchev–Trinajstić information content (AvgIpc) is 2.85. The Balaban J connectivity index is 1.84. The van der Waals surface area contributed by atoms with Gasteiger partial charge in [0.15, 0.2) is 0 Å². The summed E-state index contributed by atoms with van der Waals surface area (Å²) in [6, 6.07) is 5.98. The third kappa shape index (κ3) is 3.24. The Labute approximate surface area is 137 Å². The van der Waals surface area contributed by atoms with Gasteiger partial charge in [-0.3, -0.25) is 4.79 Å². The monoisotopic (exact) mass is 314 g/mol. The number of aryl methyl sites for hydroxylation is 1. The molecule has 0 atom stereocenters. The lowest BCUT2D eigenvalue weighted by atomic mass is 9.96. The highest BCUT2D eigenvalue weighted by Gasteiger charge is 2.23. The predicted octanol–water partition coefficient (Wildman–Crippen LogP) is 2.81. The second-order valence-electron chi connectivity index (χ2n) is 7.46. The molecule has 1 aromatic carbocycles. The van der Waals surface area contributed by atoms with Gasteiger partial charge in [0.1, 0.15) is 5.82 Å². The molecule has 1 amide bonds. The van der Waals surface area contributed by atoms with Crippen LogP contribution in [0.1, 0.15) is 39.4 Å². The maximum Gasteiger partial charge on any atom is 0.227 e. The number of nitrogens with zero attached hydrogens (tertiary/aromatic N) is 2. The van der Waals surface area contributed by atoms with Crippen LogP contribution in [0.3, 0.4) is 0 Å². The third-order valence-electron chi connectivity index (χ3n) is 4.53. The number of fused-ring (bicyclic) bond motifs is 1. The molecule has 0 unspecified atom stereocenters. The summed E-state index contributed by atoms with van der Waals surface area (Å²) < 4.78 is 2.13. The number of hydrogen-bond acceptors (Lipinski definition) is 3. The Morgan fingerprint density at radius 3 is 2.65 bits per heavy atom. The van der Waals surface area contributed by atoms with Crippen molar-refractivity contribution in [3.05, 3.63) is 24.0 Å². The Morgan fingerprint density at radius 2 is 2.00 bits per heavy atom. The van der Waals surface area contributed by atoms with Gasteiger partial charge in [-0.05, 0) is 44.1 Å². The zero-order valence-corrected chi connectivity index (χ0v) is 14.4. The molecule has 2 heterocycles. The standard InChI is InChI=1S/C18H26N4O/c1-18(2,3)17-21-14-11-13(5-6-15(14)22(17)4)20-16(23)12-7-9-19-10-8-12/h5-6,11-12,19H,7-10H2,1-4H3,(H,20,23). The SMILES string of the molecule is Cn1c(C(C)(C)C)nc2cc(NC(=O)C3CCNCC3)ccc21. The van der Waals surface area contributed by atoms with E-state index in [0.29, 0.717) is 0 Å². The summed E-state index contributed by atoms with van der Waals surface area (Å²) in [6.45, 7) is 8.33. The first kappa shape index (κ1) is 16.0. The molecule has 2 aromatic rings. The largest absolute Gasteiger partial charge is 0.331 e. The van der Waals surface area contributed by atoms with Crippen LogP contribution >= 0.6 is 0 Å². The van der Waals surface area contributed by atoms with Gasteiger partial charge in [0.05, 0.1) is 11.0 Å². The van der Waals surface area contributed by atoms with Crippen LogP contribution in [0, 0.1) is 5.92 Å². The van der Waals surface area contributed by atoms with E-state index in [1.54, 1.807) is 0 Å². The topological polar surface area (TPSA) is 59.0 Å². The van der Waals surface area contributed by atoms with Crippen LogP contribution in [0.15, 0.2) is 18.2 Å². The Bertz CT molecular complexity index is 720. The summed E-state index contributed by atoms with van der Waals surface area (Å²) in [5, 5.41) is 6.34. The number of hydrogen-bond donors (Lipinski definition) is 2. The fraction of sp³-hybridized carbons (Fsp3) is 0.556. The van der Waals surface area contributed by atoms with Crippen molar-refractivity contribution in [2.75, 3.05) is 18.4 Å². The van der Waals surface area contributed by atoms with Crippen molar-refractivity contribution in [1.82, 2.24) is 14.9 Å². The minimum Gasteiger partial charge on any atom is -0.331 e. The van der Waals surface area contributed by atoms with Gasteiger partial charge in [-0.25, -0.2) is 4.98 Å². The summed E-state index contributed by atoms with van der Waals surface area (Å²) in [5.41, 5.74) is 2.85. The van der Waals surface area contributed by atoms with Crippen LogP contribution < -0.4 is 10.6 Å². The van der Waals surface area contributed by atoms with E-state index in [9.17, 15) is 4.79 Å². The molecule has 0 radical (unpaired) electrons. The zero-order valence-electron chi connectivity index (χ0n) is 14.4. The van der Waals surface area contributed by atoms with Gasteiger partial charge in [0.25, 0.3) is 0 Å². The second kappa shape index (κ2) is 5.96. The van der Waals surface area contributed by atoms with Crippen LogP contribution in [0.25, 0.3) is 11.0 Å². The van der Waals surface area contributed by atoms with Crippen molar-refractivity contribution >= 4 is 22.6 Å². The van der Waals surface area contributed by atoms with Crippen LogP contribution in [0.2, 0.25) is 0 Å². The summed E-state index contributed by atoms with van der Waals surface area (Å²) in [5.74, 6) is 1.29. The predicted molar refractivity (Wildman–Crippen MR) is 93.6 cm³/mol. The molecule has 1 aliphatic rings. The number of carbonyl (C=O) groups is 1. The molecule has 23 heavy (non-hydrogen) atoms. The molecule has 1 aromatic heterocycles. The lowest BCUT2D eigenvalue weighted by Gasteiger charge is -2.21. The van der Waals surface area contributed by atoms with E-state index >= 15 is 0 Å². The van der Waals surface area contributed by atoms with E-state index in [0.717, 1.165) is 48.5 Å². The number of aromatic nitrogens is 2. The van der Waals surface area contributed by atoms with Crippen molar-refractivity contribution < 1.29 is 4.79 Å². The number of imidazole rings is 1. The van der Waals surface area contributed by atoms with E-state index in [4.69, 9.17) is 4.98 Å². The van der Waals surface area contributed by atoms with Crippen LogP contribution in [-0.2, 0) is 17.3 Å². The number of amides is 1. The van der Waals surface area contributed by atoms with E-state index in [1.807, 2.05) is 25.2 Å². The van der Waals surface area contributed by atoms with Gasteiger partial charge in [-0.2, -0.15) is 0 Å².